The summed E-state index contributed by atoms with van der Waals surface area (Å²) < 4.78 is 0. The summed E-state index contributed by atoms with van der Waals surface area (Å²) in [6.45, 7) is 8.57. The van der Waals surface area contributed by atoms with Crippen LogP contribution in [0.25, 0.3) is 0 Å². The molecule has 2 aromatic rings. The lowest BCUT2D eigenvalue weighted by Gasteiger charge is -2.36. The summed E-state index contributed by atoms with van der Waals surface area (Å²) in [5, 5.41) is 0. The van der Waals surface area contributed by atoms with Gasteiger partial charge in [-0.2, -0.15) is 0 Å². The number of benzene rings is 2. The second-order valence-corrected chi connectivity index (χ2v) is 8.45. The molecule has 2 aliphatic rings. The lowest BCUT2D eigenvalue weighted by molar-refractivity contribution is -0.118. The predicted octanol–water partition coefficient (Wildman–Crippen LogP) is 3.89. The molecule has 4 rings (SSSR count). The highest BCUT2D eigenvalue weighted by molar-refractivity contribution is 7.99. The van der Waals surface area contributed by atoms with Gasteiger partial charge in [-0.05, 0) is 44.2 Å². The van der Waals surface area contributed by atoms with E-state index in [9.17, 15) is 4.79 Å². The van der Waals surface area contributed by atoms with E-state index in [1.165, 1.54) is 21.2 Å². The molecule has 0 saturated carbocycles. The number of anilines is 2. The maximum atomic E-state index is 11.3. The van der Waals surface area contributed by atoms with Crippen LogP contribution in [0.5, 0.6) is 0 Å². The quantitative estimate of drug-likeness (QED) is 0.757. The molecule has 0 radical (unpaired) electrons. The molecule has 0 N–H and O–H groups in total. The third-order valence-electron chi connectivity index (χ3n) is 5.30. The number of ketones is 1. The van der Waals surface area contributed by atoms with Gasteiger partial charge in [0, 0.05) is 42.5 Å². The van der Waals surface area contributed by atoms with E-state index in [-0.39, 0.29) is 5.78 Å². The van der Waals surface area contributed by atoms with Gasteiger partial charge in [0.05, 0.1) is 17.9 Å². The molecule has 4 nitrogen and oxygen atoms in total. The van der Waals surface area contributed by atoms with Gasteiger partial charge in [-0.25, -0.2) is 0 Å². The van der Waals surface area contributed by atoms with Gasteiger partial charge in [0.15, 0.2) is 0 Å². The molecule has 0 bridgehead atoms. The third kappa shape index (κ3) is 4.37. The first kappa shape index (κ1) is 18.5. The van der Waals surface area contributed by atoms with E-state index in [4.69, 9.17) is 0 Å². The molecule has 5 heteroatoms. The van der Waals surface area contributed by atoms with Crippen LogP contribution in [0.3, 0.4) is 0 Å². The third-order valence-corrected chi connectivity index (χ3v) is 6.43. The van der Waals surface area contributed by atoms with E-state index in [1.807, 2.05) is 11.8 Å². The molecule has 2 aromatic carbocycles. The summed E-state index contributed by atoms with van der Waals surface area (Å²) >= 11 is 1.87. The Kier molecular flexibility index (Phi) is 5.81. The second-order valence-electron chi connectivity index (χ2n) is 7.36. The van der Waals surface area contributed by atoms with Crippen molar-refractivity contribution in [1.29, 1.82) is 0 Å². The Balaban J connectivity index is 1.36. The Bertz CT molecular complexity index is 756. The van der Waals surface area contributed by atoms with E-state index >= 15 is 0 Å². The van der Waals surface area contributed by atoms with Crippen LogP contribution in [0, 0.1) is 0 Å². The molecule has 0 aliphatic carbocycles. The molecular formula is C22H27N3OS. The van der Waals surface area contributed by atoms with Crippen LogP contribution >= 0.6 is 11.8 Å². The van der Waals surface area contributed by atoms with Gasteiger partial charge in [-0.1, -0.05) is 36.0 Å². The zero-order valence-corrected chi connectivity index (χ0v) is 16.8. The normalized spacial score (nSPS) is 17.4. The molecule has 1 fully saturated rings. The van der Waals surface area contributed by atoms with Gasteiger partial charge >= 0.3 is 0 Å². The fraction of sp³-hybridized carbons (Fsp3) is 0.409. The van der Waals surface area contributed by atoms with Crippen LogP contribution in [0.4, 0.5) is 11.4 Å². The molecule has 2 aliphatic heterocycles. The van der Waals surface area contributed by atoms with Gasteiger partial charge in [-0.15, -0.1) is 0 Å². The Morgan fingerprint density at radius 2 is 1.41 bits per heavy atom. The molecule has 1 saturated heterocycles. The molecule has 0 atom stereocenters. The molecular weight excluding hydrogens is 354 g/mol. The van der Waals surface area contributed by atoms with E-state index in [0.29, 0.717) is 6.54 Å². The van der Waals surface area contributed by atoms with E-state index < -0.39 is 0 Å². The Morgan fingerprint density at radius 1 is 0.852 bits per heavy atom. The first-order chi connectivity index (χ1) is 13.2. The molecule has 142 valence electrons. The van der Waals surface area contributed by atoms with Crippen molar-refractivity contribution >= 4 is 28.9 Å². The first-order valence-electron chi connectivity index (χ1n) is 9.78. The average molecular weight is 382 g/mol. The van der Waals surface area contributed by atoms with Crippen molar-refractivity contribution in [2.75, 3.05) is 50.7 Å². The topological polar surface area (TPSA) is 26.8 Å². The SMILES string of the molecule is CC(=O)CN1CCN(CCCN2c3ccccc3Sc3ccccc32)CC1. The van der Waals surface area contributed by atoms with Gasteiger partial charge in [0.2, 0.25) is 0 Å². The highest BCUT2D eigenvalue weighted by atomic mass is 32.2. The van der Waals surface area contributed by atoms with Crippen molar-refractivity contribution in [2.45, 2.75) is 23.1 Å². The van der Waals surface area contributed by atoms with E-state index in [1.54, 1.807) is 6.92 Å². The number of piperazine rings is 1. The van der Waals surface area contributed by atoms with Crippen molar-refractivity contribution in [1.82, 2.24) is 9.80 Å². The molecule has 0 aromatic heterocycles. The summed E-state index contributed by atoms with van der Waals surface area (Å²) in [6, 6.07) is 17.4. The van der Waals surface area contributed by atoms with Crippen molar-refractivity contribution < 1.29 is 4.79 Å². The minimum Gasteiger partial charge on any atom is -0.340 e. The fourth-order valence-electron chi connectivity index (χ4n) is 3.96. The van der Waals surface area contributed by atoms with Crippen LogP contribution in [0.1, 0.15) is 13.3 Å². The summed E-state index contributed by atoms with van der Waals surface area (Å²) in [6.07, 6.45) is 1.14. The van der Waals surface area contributed by atoms with Crippen LogP contribution in [0.2, 0.25) is 0 Å². The Hall–Kier alpha value is -1.82. The maximum absolute atomic E-state index is 11.3. The number of carbonyl (C=O) groups excluding carboxylic acids is 1. The molecule has 27 heavy (non-hydrogen) atoms. The average Bonchev–Trinajstić information content (AvgIpc) is 2.68. The first-order valence-corrected chi connectivity index (χ1v) is 10.6. The minimum absolute atomic E-state index is 0.267. The molecule has 2 heterocycles. The van der Waals surface area contributed by atoms with Crippen molar-refractivity contribution in [3.63, 3.8) is 0 Å². The Labute approximate surface area is 166 Å². The Morgan fingerprint density at radius 3 is 2.00 bits per heavy atom. The summed E-state index contributed by atoms with van der Waals surface area (Å²) in [7, 11) is 0. The smallest absolute Gasteiger partial charge is 0.143 e. The van der Waals surface area contributed by atoms with Gasteiger partial charge < -0.3 is 9.80 Å². The number of rotatable bonds is 6. The number of carbonyl (C=O) groups is 1. The second kappa shape index (κ2) is 8.46. The predicted molar refractivity (Wildman–Crippen MR) is 112 cm³/mol. The number of hydrogen-bond acceptors (Lipinski definition) is 5. The van der Waals surface area contributed by atoms with E-state index in [2.05, 4.69) is 63.2 Å². The zero-order valence-electron chi connectivity index (χ0n) is 15.9. The fourth-order valence-corrected chi connectivity index (χ4v) is 5.06. The van der Waals surface area contributed by atoms with Crippen LogP contribution < -0.4 is 4.90 Å². The van der Waals surface area contributed by atoms with E-state index in [0.717, 1.165) is 45.7 Å². The van der Waals surface area contributed by atoms with Crippen molar-refractivity contribution in [2.24, 2.45) is 0 Å². The van der Waals surface area contributed by atoms with Crippen LogP contribution in [-0.2, 0) is 4.79 Å². The number of nitrogens with zero attached hydrogens (tertiary/aromatic N) is 3. The summed E-state index contributed by atoms with van der Waals surface area (Å²) in [5.74, 6) is 0.267. The van der Waals surface area contributed by atoms with Crippen LogP contribution in [0.15, 0.2) is 58.3 Å². The lowest BCUT2D eigenvalue weighted by Crippen LogP contribution is -2.48. The van der Waals surface area contributed by atoms with Crippen molar-refractivity contribution in [3.8, 4) is 0 Å². The lowest BCUT2D eigenvalue weighted by atomic mass is 10.2. The highest BCUT2D eigenvalue weighted by Gasteiger charge is 2.23. The van der Waals surface area contributed by atoms with Crippen LogP contribution in [-0.4, -0.2) is 61.4 Å². The summed E-state index contributed by atoms with van der Waals surface area (Å²) in [4.78, 5) is 21.2. The molecule has 0 spiro atoms. The monoisotopic (exact) mass is 381 g/mol. The van der Waals surface area contributed by atoms with Gasteiger partial charge in [0.25, 0.3) is 0 Å². The number of para-hydroxylation sites is 2. The minimum atomic E-state index is 0.267. The largest absolute Gasteiger partial charge is 0.340 e. The molecule has 0 unspecified atom stereocenters. The summed E-state index contributed by atoms with van der Waals surface area (Å²) in [5.41, 5.74) is 2.65. The van der Waals surface area contributed by atoms with Gasteiger partial charge in [-0.3, -0.25) is 9.69 Å². The molecule has 0 amide bonds. The number of fused-ring (bicyclic) bond motifs is 2. The van der Waals surface area contributed by atoms with Gasteiger partial charge in [0.1, 0.15) is 5.78 Å². The highest BCUT2D eigenvalue weighted by Crippen LogP contribution is 2.47. The number of hydrogen-bond donors (Lipinski definition) is 0. The zero-order chi connectivity index (χ0) is 18.6. The standard InChI is InChI=1S/C22H27N3OS/c1-18(26)17-24-15-13-23(14-16-24)11-6-12-25-19-7-2-4-9-21(19)27-22-10-5-3-8-20(22)25/h2-5,7-10H,6,11-17H2,1H3. The van der Waals surface area contributed by atoms with Crippen molar-refractivity contribution in [3.05, 3.63) is 48.5 Å². The number of Topliss-reactive ketones (excluding diaryl/α,β-unsaturated/α-hetero) is 1. The maximum Gasteiger partial charge on any atom is 0.143 e.